The monoisotopic (exact) mass is 398 g/mol. The van der Waals surface area contributed by atoms with E-state index in [0.29, 0.717) is 6.54 Å². The molecule has 8 nitrogen and oxygen atoms in total. The number of nitrogens with one attached hydrogen (secondary N) is 1. The summed E-state index contributed by atoms with van der Waals surface area (Å²) in [5.74, 6) is 1.15. The number of hydrogen-bond donors (Lipinski definition) is 1. The fourth-order valence-corrected chi connectivity index (χ4v) is 4.49. The van der Waals surface area contributed by atoms with Gasteiger partial charge in [-0.3, -0.25) is 18.9 Å². The fraction of sp³-hybridized carbons (Fsp3) is 0.619. The van der Waals surface area contributed by atoms with Crippen LogP contribution in [0.25, 0.3) is 5.65 Å². The van der Waals surface area contributed by atoms with Gasteiger partial charge in [-0.2, -0.15) is 0 Å². The predicted octanol–water partition coefficient (Wildman–Crippen LogP) is 1.43. The van der Waals surface area contributed by atoms with Gasteiger partial charge in [0.25, 0.3) is 0 Å². The number of nitrogens with zero attached hydrogens (tertiary/aromatic N) is 5. The average molecular weight is 399 g/mol. The minimum Gasteiger partial charge on any atom is -0.343 e. The zero-order chi connectivity index (χ0) is 20.2. The highest BCUT2D eigenvalue weighted by Crippen LogP contribution is 2.25. The first kappa shape index (κ1) is 19.8. The first-order valence-corrected chi connectivity index (χ1v) is 10.7. The Hall–Kier alpha value is -2.48. The molecule has 29 heavy (non-hydrogen) atoms. The molecule has 2 saturated heterocycles. The summed E-state index contributed by atoms with van der Waals surface area (Å²) in [6.07, 6.45) is 7.34. The molecule has 0 aromatic carbocycles. The molecule has 1 N–H and O–H groups in total. The van der Waals surface area contributed by atoms with Gasteiger partial charge in [-0.25, -0.2) is 0 Å². The average Bonchev–Trinajstić information content (AvgIpc) is 3.18. The third-order valence-corrected chi connectivity index (χ3v) is 5.99. The molecule has 8 heteroatoms. The van der Waals surface area contributed by atoms with E-state index in [0.717, 1.165) is 63.3 Å². The lowest BCUT2D eigenvalue weighted by molar-refractivity contribution is -0.137. The summed E-state index contributed by atoms with van der Waals surface area (Å²) in [5.41, 5.74) is 0.849. The van der Waals surface area contributed by atoms with E-state index in [9.17, 15) is 9.59 Å². The molecule has 2 aromatic rings. The molecule has 0 bridgehead atoms. The van der Waals surface area contributed by atoms with Crippen LogP contribution in [0.3, 0.4) is 0 Å². The van der Waals surface area contributed by atoms with E-state index >= 15 is 0 Å². The van der Waals surface area contributed by atoms with E-state index in [1.54, 1.807) is 6.92 Å². The highest BCUT2D eigenvalue weighted by atomic mass is 16.2. The number of carbonyl (C=O) groups excluding carboxylic acids is 2. The zero-order valence-electron chi connectivity index (χ0n) is 17.1. The number of carbonyl (C=O) groups is 2. The molecule has 2 fully saturated rings. The van der Waals surface area contributed by atoms with Gasteiger partial charge in [0.15, 0.2) is 5.65 Å². The van der Waals surface area contributed by atoms with Crippen LogP contribution >= 0.6 is 0 Å². The molecule has 2 amide bonds. The lowest BCUT2D eigenvalue weighted by Gasteiger charge is -2.32. The number of pyridine rings is 1. The summed E-state index contributed by atoms with van der Waals surface area (Å²) < 4.78 is 2.04. The Morgan fingerprint density at radius 2 is 1.97 bits per heavy atom. The van der Waals surface area contributed by atoms with Gasteiger partial charge in [-0.05, 0) is 57.7 Å². The molecule has 2 unspecified atom stereocenters. The van der Waals surface area contributed by atoms with E-state index in [2.05, 4.69) is 20.4 Å². The van der Waals surface area contributed by atoms with Crippen molar-refractivity contribution in [2.45, 2.75) is 51.0 Å². The lowest BCUT2D eigenvalue weighted by atomic mass is 9.97. The SMILES string of the molecule is CC(NC(=O)CN1CCCC(c2nnc3ccccn23)C1)C(=O)N1CCCCC1. The van der Waals surface area contributed by atoms with Gasteiger partial charge in [0.2, 0.25) is 11.8 Å². The predicted molar refractivity (Wildman–Crippen MR) is 109 cm³/mol. The van der Waals surface area contributed by atoms with Crippen LogP contribution in [-0.2, 0) is 9.59 Å². The molecule has 4 heterocycles. The van der Waals surface area contributed by atoms with Gasteiger partial charge in [0.1, 0.15) is 11.9 Å². The second-order valence-corrected chi connectivity index (χ2v) is 8.24. The van der Waals surface area contributed by atoms with Crippen LogP contribution in [0.1, 0.15) is 50.8 Å². The van der Waals surface area contributed by atoms with E-state index in [1.807, 2.05) is 33.7 Å². The van der Waals surface area contributed by atoms with Crippen LogP contribution in [0, 0.1) is 0 Å². The summed E-state index contributed by atoms with van der Waals surface area (Å²) in [6.45, 7) is 5.37. The topological polar surface area (TPSA) is 82.8 Å². The molecule has 0 spiro atoms. The van der Waals surface area contributed by atoms with Crippen LogP contribution in [0.5, 0.6) is 0 Å². The van der Waals surface area contributed by atoms with E-state index in [-0.39, 0.29) is 17.7 Å². The number of amides is 2. The van der Waals surface area contributed by atoms with Gasteiger partial charge in [-0.1, -0.05) is 6.07 Å². The molecule has 4 rings (SSSR count). The van der Waals surface area contributed by atoms with Crippen LogP contribution in [0.2, 0.25) is 0 Å². The van der Waals surface area contributed by atoms with Crippen LogP contribution < -0.4 is 5.32 Å². The Morgan fingerprint density at radius 3 is 2.79 bits per heavy atom. The lowest BCUT2D eigenvalue weighted by Crippen LogP contribution is -2.51. The van der Waals surface area contributed by atoms with Crippen LogP contribution in [0.15, 0.2) is 24.4 Å². The maximum atomic E-state index is 12.6. The molecule has 2 aliphatic heterocycles. The Kier molecular flexibility index (Phi) is 6.08. The first-order chi connectivity index (χ1) is 14.1. The second-order valence-electron chi connectivity index (χ2n) is 8.24. The van der Waals surface area contributed by atoms with Crippen molar-refractivity contribution in [1.82, 2.24) is 29.7 Å². The number of aromatic nitrogens is 3. The summed E-state index contributed by atoms with van der Waals surface area (Å²) in [7, 11) is 0. The smallest absolute Gasteiger partial charge is 0.244 e. The van der Waals surface area contributed by atoms with E-state index in [4.69, 9.17) is 0 Å². The number of rotatable bonds is 5. The molecule has 2 atom stereocenters. The van der Waals surface area contributed by atoms with Crippen molar-refractivity contribution < 1.29 is 9.59 Å². The van der Waals surface area contributed by atoms with Crippen molar-refractivity contribution in [3.63, 3.8) is 0 Å². The standard InChI is InChI=1S/C21H30N6O2/c1-16(21(29)26-11-4-2-5-12-26)22-19(28)15-25-10-7-8-17(14-25)20-24-23-18-9-3-6-13-27(18)20/h3,6,9,13,16-17H,2,4-5,7-8,10-12,14-15H2,1H3,(H,22,28). The first-order valence-electron chi connectivity index (χ1n) is 10.7. The van der Waals surface area contributed by atoms with Crippen LogP contribution in [-0.4, -0.2) is 75.0 Å². The number of likely N-dealkylation sites (tertiary alicyclic amines) is 2. The number of piperidine rings is 2. The highest BCUT2D eigenvalue weighted by molar-refractivity contribution is 5.88. The van der Waals surface area contributed by atoms with Crippen molar-refractivity contribution in [1.29, 1.82) is 0 Å². The maximum absolute atomic E-state index is 12.6. The Morgan fingerprint density at radius 1 is 1.14 bits per heavy atom. The van der Waals surface area contributed by atoms with Gasteiger partial charge in [0, 0.05) is 31.7 Å². The fourth-order valence-electron chi connectivity index (χ4n) is 4.49. The van der Waals surface area contributed by atoms with E-state index < -0.39 is 6.04 Å². The minimum atomic E-state index is -0.471. The van der Waals surface area contributed by atoms with Crippen molar-refractivity contribution >= 4 is 17.5 Å². The quantitative estimate of drug-likeness (QED) is 0.824. The molecule has 156 valence electrons. The van der Waals surface area contributed by atoms with Crippen molar-refractivity contribution in [2.24, 2.45) is 0 Å². The number of hydrogen-bond acceptors (Lipinski definition) is 5. The van der Waals surface area contributed by atoms with Gasteiger partial charge in [0.05, 0.1) is 6.54 Å². The van der Waals surface area contributed by atoms with Gasteiger partial charge in [-0.15, -0.1) is 10.2 Å². The van der Waals surface area contributed by atoms with Crippen molar-refractivity contribution in [3.8, 4) is 0 Å². The highest BCUT2D eigenvalue weighted by Gasteiger charge is 2.28. The third-order valence-electron chi connectivity index (χ3n) is 5.99. The molecular weight excluding hydrogens is 368 g/mol. The van der Waals surface area contributed by atoms with Crippen LogP contribution in [0.4, 0.5) is 0 Å². The van der Waals surface area contributed by atoms with Gasteiger partial charge < -0.3 is 10.2 Å². The minimum absolute atomic E-state index is 0.0319. The Balaban J connectivity index is 1.32. The molecule has 0 radical (unpaired) electrons. The van der Waals surface area contributed by atoms with Crippen molar-refractivity contribution in [3.05, 3.63) is 30.2 Å². The maximum Gasteiger partial charge on any atom is 0.244 e. The number of fused-ring (bicyclic) bond motifs is 1. The normalized spacial score (nSPS) is 21.8. The summed E-state index contributed by atoms with van der Waals surface area (Å²) in [5, 5.41) is 11.5. The van der Waals surface area contributed by atoms with Crippen molar-refractivity contribution in [2.75, 3.05) is 32.7 Å². The summed E-state index contributed by atoms with van der Waals surface area (Å²) in [4.78, 5) is 29.1. The largest absolute Gasteiger partial charge is 0.343 e. The van der Waals surface area contributed by atoms with E-state index in [1.165, 1.54) is 6.42 Å². The zero-order valence-corrected chi connectivity index (χ0v) is 17.1. The summed E-state index contributed by atoms with van der Waals surface area (Å²) >= 11 is 0. The van der Waals surface area contributed by atoms with Gasteiger partial charge >= 0.3 is 0 Å². The summed E-state index contributed by atoms with van der Waals surface area (Å²) in [6, 6.07) is 5.42. The molecule has 0 saturated carbocycles. The molecular formula is C21H30N6O2. The second kappa shape index (κ2) is 8.90. The Bertz CT molecular complexity index is 860. The molecule has 2 aromatic heterocycles. The molecule has 0 aliphatic carbocycles. The third kappa shape index (κ3) is 4.58. The molecule has 2 aliphatic rings. The Labute approximate surface area is 171 Å².